The molecule has 1 saturated heterocycles. The maximum Gasteiger partial charge on any atom is 0.220 e. The summed E-state index contributed by atoms with van der Waals surface area (Å²) in [4.78, 5) is 21.0. The third kappa shape index (κ3) is 3.19. The van der Waals surface area contributed by atoms with Gasteiger partial charge < -0.3 is 9.80 Å². The largest absolute Gasteiger partial charge is 0.357 e. The summed E-state index contributed by atoms with van der Waals surface area (Å²) in [5, 5.41) is 13.1. The van der Waals surface area contributed by atoms with Gasteiger partial charge in [-0.2, -0.15) is 16.6 Å². The van der Waals surface area contributed by atoms with E-state index in [1.165, 1.54) is 5.56 Å². The lowest BCUT2D eigenvalue weighted by Crippen LogP contribution is -2.40. The van der Waals surface area contributed by atoms with Crippen molar-refractivity contribution in [1.29, 1.82) is 5.26 Å². The van der Waals surface area contributed by atoms with Crippen LogP contribution in [0.1, 0.15) is 37.3 Å². The molecule has 1 aliphatic heterocycles. The van der Waals surface area contributed by atoms with Gasteiger partial charge in [-0.05, 0) is 59.2 Å². The van der Waals surface area contributed by atoms with Crippen LogP contribution in [-0.2, 0) is 11.3 Å². The summed E-state index contributed by atoms with van der Waals surface area (Å²) in [5.41, 5.74) is 2.10. The van der Waals surface area contributed by atoms with Gasteiger partial charge in [-0.15, -0.1) is 0 Å². The second-order valence-corrected chi connectivity index (χ2v) is 8.14. The summed E-state index contributed by atoms with van der Waals surface area (Å²) in [7, 11) is 0. The van der Waals surface area contributed by atoms with E-state index in [1.54, 1.807) is 24.5 Å². The van der Waals surface area contributed by atoms with Crippen LogP contribution in [0, 0.1) is 16.7 Å². The Labute approximate surface area is 157 Å². The molecule has 1 spiro atoms. The SMILES string of the molecule is CC(=O)N(Cc1ccsc1)C1CC12CCN(c1ccc(C#N)cn1)CC2. The molecule has 0 bridgehead atoms. The first-order chi connectivity index (χ1) is 12.6. The summed E-state index contributed by atoms with van der Waals surface area (Å²) in [6.07, 6.45) is 4.93. The van der Waals surface area contributed by atoms with E-state index < -0.39 is 0 Å². The quantitative estimate of drug-likeness (QED) is 0.832. The van der Waals surface area contributed by atoms with Crippen LogP contribution >= 0.6 is 11.3 Å². The van der Waals surface area contributed by atoms with E-state index in [-0.39, 0.29) is 11.3 Å². The van der Waals surface area contributed by atoms with Crippen molar-refractivity contribution >= 4 is 23.1 Å². The second-order valence-electron chi connectivity index (χ2n) is 7.36. The lowest BCUT2D eigenvalue weighted by Gasteiger charge is -2.35. The van der Waals surface area contributed by atoms with E-state index in [2.05, 4.69) is 37.7 Å². The first-order valence-corrected chi connectivity index (χ1v) is 9.95. The molecule has 0 N–H and O–H groups in total. The van der Waals surface area contributed by atoms with E-state index in [4.69, 9.17) is 5.26 Å². The smallest absolute Gasteiger partial charge is 0.220 e. The van der Waals surface area contributed by atoms with Crippen molar-refractivity contribution in [3.63, 3.8) is 0 Å². The molecular formula is C20H22N4OS. The highest BCUT2D eigenvalue weighted by molar-refractivity contribution is 7.07. The number of thiophene rings is 1. The number of carbonyl (C=O) groups is 1. The normalized spacial score (nSPS) is 20.6. The Morgan fingerprint density at radius 1 is 1.42 bits per heavy atom. The summed E-state index contributed by atoms with van der Waals surface area (Å²) in [6, 6.07) is 8.34. The number of rotatable bonds is 4. The lowest BCUT2D eigenvalue weighted by atomic mass is 9.92. The number of hydrogen-bond donors (Lipinski definition) is 0. The van der Waals surface area contributed by atoms with Crippen molar-refractivity contribution in [2.24, 2.45) is 5.41 Å². The van der Waals surface area contributed by atoms with Gasteiger partial charge in [0.05, 0.1) is 5.56 Å². The van der Waals surface area contributed by atoms with Gasteiger partial charge in [-0.1, -0.05) is 0 Å². The number of pyridine rings is 1. The first-order valence-electron chi connectivity index (χ1n) is 9.01. The number of nitrogens with zero attached hydrogens (tertiary/aromatic N) is 4. The Kier molecular flexibility index (Phi) is 4.41. The zero-order chi connectivity index (χ0) is 18.1. The maximum absolute atomic E-state index is 12.2. The van der Waals surface area contributed by atoms with Crippen molar-refractivity contribution in [1.82, 2.24) is 9.88 Å². The van der Waals surface area contributed by atoms with Gasteiger partial charge in [0, 0.05) is 38.8 Å². The summed E-state index contributed by atoms with van der Waals surface area (Å²) < 4.78 is 0. The Bertz CT molecular complexity index is 816. The van der Waals surface area contributed by atoms with Crippen molar-refractivity contribution in [2.75, 3.05) is 18.0 Å². The molecule has 6 heteroatoms. The van der Waals surface area contributed by atoms with Gasteiger partial charge in [0.1, 0.15) is 11.9 Å². The number of aromatic nitrogens is 1. The number of piperidine rings is 1. The molecule has 1 amide bonds. The molecule has 4 rings (SSSR count). The highest BCUT2D eigenvalue weighted by atomic mass is 32.1. The van der Waals surface area contributed by atoms with Crippen LogP contribution in [0.15, 0.2) is 35.2 Å². The van der Waals surface area contributed by atoms with Crippen LogP contribution in [0.5, 0.6) is 0 Å². The summed E-state index contributed by atoms with van der Waals surface area (Å²) in [5.74, 6) is 1.12. The number of anilines is 1. The van der Waals surface area contributed by atoms with Crippen LogP contribution in [0.2, 0.25) is 0 Å². The molecule has 0 aromatic carbocycles. The lowest BCUT2D eigenvalue weighted by molar-refractivity contribution is -0.130. The third-order valence-electron chi connectivity index (χ3n) is 5.82. The average molecular weight is 366 g/mol. The number of nitriles is 1. The van der Waals surface area contributed by atoms with Crippen LogP contribution in [0.4, 0.5) is 5.82 Å². The Balaban J connectivity index is 1.39. The number of carbonyl (C=O) groups excluding carboxylic acids is 1. The zero-order valence-corrected chi connectivity index (χ0v) is 15.7. The van der Waals surface area contributed by atoms with E-state index >= 15 is 0 Å². The fourth-order valence-corrected chi connectivity index (χ4v) is 4.80. The topological polar surface area (TPSA) is 60.2 Å². The maximum atomic E-state index is 12.2. The molecule has 2 aromatic rings. The molecule has 1 saturated carbocycles. The fourth-order valence-electron chi connectivity index (χ4n) is 4.14. The van der Waals surface area contributed by atoms with Crippen LogP contribution < -0.4 is 4.90 Å². The van der Waals surface area contributed by atoms with Gasteiger partial charge in [-0.3, -0.25) is 4.79 Å². The molecule has 0 radical (unpaired) electrons. The summed E-state index contributed by atoms with van der Waals surface area (Å²) >= 11 is 1.68. The summed E-state index contributed by atoms with van der Waals surface area (Å²) in [6.45, 7) is 4.33. The van der Waals surface area contributed by atoms with Crippen LogP contribution in [0.25, 0.3) is 0 Å². The molecule has 2 aliphatic rings. The van der Waals surface area contributed by atoms with Gasteiger partial charge in [0.2, 0.25) is 5.91 Å². The van der Waals surface area contributed by atoms with Gasteiger partial charge in [-0.25, -0.2) is 4.98 Å². The molecule has 2 fully saturated rings. The van der Waals surface area contributed by atoms with Crippen molar-refractivity contribution < 1.29 is 4.79 Å². The van der Waals surface area contributed by atoms with Crippen LogP contribution in [-0.4, -0.2) is 34.9 Å². The minimum absolute atomic E-state index is 0.175. The van der Waals surface area contributed by atoms with Crippen molar-refractivity contribution in [2.45, 2.75) is 38.8 Å². The second kappa shape index (κ2) is 6.73. The Morgan fingerprint density at radius 3 is 2.81 bits per heavy atom. The third-order valence-corrected chi connectivity index (χ3v) is 6.55. The highest BCUT2D eigenvalue weighted by Crippen LogP contribution is 2.57. The van der Waals surface area contributed by atoms with Gasteiger partial charge >= 0.3 is 0 Å². The fraction of sp³-hybridized carbons (Fsp3) is 0.450. The molecule has 1 atom stereocenters. The molecule has 134 valence electrons. The minimum atomic E-state index is 0.175. The van der Waals surface area contributed by atoms with Crippen molar-refractivity contribution in [3.8, 4) is 6.07 Å². The minimum Gasteiger partial charge on any atom is -0.357 e. The number of hydrogen-bond acceptors (Lipinski definition) is 5. The molecule has 1 unspecified atom stereocenters. The predicted octanol–water partition coefficient (Wildman–Crippen LogP) is 3.42. The zero-order valence-electron chi connectivity index (χ0n) is 14.9. The molecule has 26 heavy (non-hydrogen) atoms. The number of amides is 1. The van der Waals surface area contributed by atoms with Gasteiger partial charge in [0.25, 0.3) is 0 Å². The molecular weight excluding hydrogens is 344 g/mol. The van der Waals surface area contributed by atoms with Crippen LogP contribution in [0.3, 0.4) is 0 Å². The molecule has 2 aromatic heterocycles. The average Bonchev–Trinajstić information content (AvgIpc) is 3.09. The molecule has 5 nitrogen and oxygen atoms in total. The van der Waals surface area contributed by atoms with E-state index in [0.717, 1.165) is 44.7 Å². The predicted molar refractivity (Wildman–Crippen MR) is 102 cm³/mol. The van der Waals surface area contributed by atoms with Crippen molar-refractivity contribution in [3.05, 3.63) is 46.3 Å². The molecule has 3 heterocycles. The highest BCUT2D eigenvalue weighted by Gasteiger charge is 2.58. The Hall–Kier alpha value is -2.39. The van der Waals surface area contributed by atoms with E-state index in [1.807, 2.05) is 12.1 Å². The standard InChI is InChI=1S/C20H22N4OS/c1-15(25)24(13-17-4-9-26-14-17)18-10-20(18)5-7-23(8-6-20)19-3-2-16(11-21)12-22-19/h2-4,9,12,14,18H,5-8,10,13H2,1H3. The monoisotopic (exact) mass is 366 g/mol. The van der Waals surface area contributed by atoms with E-state index in [0.29, 0.717) is 11.6 Å². The van der Waals surface area contributed by atoms with Gasteiger partial charge in [0.15, 0.2) is 0 Å². The first kappa shape index (κ1) is 17.0. The molecule has 1 aliphatic carbocycles. The Morgan fingerprint density at radius 2 is 2.23 bits per heavy atom. The van der Waals surface area contributed by atoms with E-state index in [9.17, 15) is 4.79 Å².